The maximum atomic E-state index is 6.45. The van der Waals surface area contributed by atoms with Crippen molar-refractivity contribution in [2.24, 2.45) is 0 Å². The fourth-order valence-corrected chi connectivity index (χ4v) is 5.19. The third-order valence-electron chi connectivity index (χ3n) is 5.54. The molecule has 3 aromatic rings. The Morgan fingerprint density at radius 3 is 2.81 bits per heavy atom. The Morgan fingerprint density at radius 2 is 2.00 bits per heavy atom. The van der Waals surface area contributed by atoms with Gasteiger partial charge < -0.3 is 19.5 Å². The molecule has 0 aliphatic carbocycles. The molecule has 2 aromatic carbocycles. The molecule has 0 spiro atoms. The normalized spacial score (nSPS) is 14.0. The molecule has 0 saturated heterocycles. The molecule has 9 heteroatoms. The Kier molecular flexibility index (Phi) is 9.47. The van der Waals surface area contributed by atoms with Gasteiger partial charge >= 0.3 is 0 Å². The van der Waals surface area contributed by atoms with Crippen molar-refractivity contribution in [1.82, 2.24) is 15.2 Å². The van der Waals surface area contributed by atoms with Gasteiger partial charge in [0, 0.05) is 22.6 Å². The largest absolute Gasteiger partial charge is 0.490 e. The molecule has 0 bridgehead atoms. The SMILES string of the molecule is C=CCOc1c(Br)cc(C2Nc3ccccc3-c3nnc(SCCCCCC)nc3O2)cc1OCC. The van der Waals surface area contributed by atoms with Gasteiger partial charge in [-0.1, -0.05) is 68.8 Å². The number of nitrogens with one attached hydrogen (secondary N) is 1. The van der Waals surface area contributed by atoms with Gasteiger partial charge in [-0.2, -0.15) is 4.98 Å². The first-order valence-electron chi connectivity index (χ1n) is 12.2. The van der Waals surface area contributed by atoms with Crippen LogP contribution >= 0.6 is 27.7 Å². The average molecular weight is 572 g/mol. The summed E-state index contributed by atoms with van der Waals surface area (Å²) >= 11 is 5.25. The van der Waals surface area contributed by atoms with Crippen LogP contribution in [0, 0.1) is 0 Å². The highest BCUT2D eigenvalue weighted by Gasteiger charge is 2.27. The molecule has 1 aliphatic rings. The van der Waals surface area contributed by atoms with E-state index in [9.17, 15) is 0 Å². The van der Waals surface area contributed by atoms with Crippen LogP contribution in [0.2, 0.25) is 0 Å². The summed E-state index contributed by atoms with van der Waals surface area (Å²) in [4.78, 5) is 4.75. The number of nitrogens with zero attached hydrogens (tertiary/aromatic N) is 3. The van der Waals surface area contributed by atoms with E-state index in [1.165, 1.54) is 19.3 Å². The highest BCUT2D eigenvalue weighted by atomic mass is 79.9. The molecule has 1 N–H and O–H groups in total. The summed E-state index contributed by atoms with van der Waals surface area (Å²) in [6.07, 6.45) is 5.96. The quantitative estimate of drug-likeness (QED) is 0.137. The van der Waals surface area contributed by atoms with Crippen molar-refractivity contribution in [1.29, 1.82) is 0 Å². The Labute approximate surface area is 225 Å². The van der Waals surface area contributed by atoms with Crippen molar-refractivity contribution >= 4 is 33.4 Å². The molecular formula is C27H31BrN4O3S. The van der Waals surface area contributed by atoms with E-state index in [0.29, 0.717) is 41.4 Å². The van der Waals surface area contributed by atoms with Crippen LogP contribution in [0.15, 0.2) is 58.7 Å². The summed E-state index contributed by atoms with van der Waals surface area (Å²) in [7, 11) is 0. The van der Waals surface area contributed by atoms with Crippen LogP contribution < -0.4 is 19.5 Å². The average Bonchev–Trinajstić information content (AvgIpc) is 3.05. The Morgan fingerprint density at radius 1 is 1.14 bits per heavy atom. The molecule has 4 rings (SSSR count). The van der Waals surface area contributed by atoms with Crippen LogP contribution in [0.1, 0.15) is 51.3 Å². The highest BCUT2D eigenvalue weighted by Crippen LogP contribution is 2.43. The van der Waals surface area contributed by atoms with E-state index in [2.05, 4.69) is 44.9 Å². The van der Waals surface area contributed by atoms with Crippen molar-refractivity contribution in [2.75, 3.05) is 24.3 Å². The van der Waals surface area contributed by atoms with Crippen molar-refractivity contribution in [3.05, 3.63) is 59.1 Å². The second kappa shape index (κ2) is 13.0. The van der Waals surface area contributed by atoms with E-state index < -0.39 is 6.23 Å². The molecule has 1 aromatic heterocycles. The fourth-order valence-electron chi connectivity index (χ4n) is 3.84. The first kappa shape index (κ1) is 26.3. The van der Waals surface area contributed by atoms with E-state index in [-0.39, 0.29) is 0 Å². The van der Waals surface area contributed by atoms with Gasteiger partial charge in [0.25, 0.3) is 0 Å². The van der Waals surface area contributed by atoms with E-state index in [1.54, 1.807) is 17.8 Å². The number of halogens is 1. The summed E-state index contributed by atoms with van der Waals surface area (Å²) in [6.45, 7) is 8.76. The van der Waals surface area contributed by atoms with E-state index in [1.807, 2.05) is 43.3 Å². The molecule has 0 radical (unpaired) electrons. The Hall–Kier alpha value is -2.78. The molecule has 7 nitrogen and oxygen atoms in total. The zero-order valence-electron chi connectivity index (χ0n) is 20.6. The number of hydrogen-bond acceptors (Lipinski definition) is 8. The van der Waals surface area contributed by atoms with Crippen LogP contribution in [-0.2, 0) is 0 Å². The summed E-state index contributed by atoms with van der Waals surface area (Å²) < 4.78 is 18.9. The molecule has 1 unspecified atom stereocenters. The molecule has 1 atom stereocenters. The van der Waals surface area contributed by atoms with E-state index in [4.69, 9.17) is 19.2 Å². The third-order valence-corrected chi connectivity index (χ3v) is 7.06. The van der Waals surface area contributed by atoms with Crippen LogP contribution in [-0.4, -0.2) is 34.1 Å². The Balaban J connectivity index is 1.67. The van der Waals surface area contributed by atoms with Crippen LogP contribution in [0.5, 0.6) is 17.4 Å². The molecule has 0 saturated carbocycles. The van der Waals surface area contributed by atoms with E-state index >= 15 is 0 Å². The lowest BCUT2D eigenvalue weighted by molar-refractivity contribution is 0.223. The van der Waals surface area contributed by atoms with Gasteiger partial charge in [0.15, 0.2) is 23.4 Å². The van der Waals surface area contributed by atoms with Gasteiger partial charge in [0.05, 0.1) is 11.1 Å². The maximum Gasteiger partial charge on any atom is 0.247 e. The van der Waals surface area contributed by atoms with Crippen molar-refractivity contribution in [3.63, 3.8) is 0 Å². The summed E-state index contributed by atoms with van der Waals surface area (Å²) in [5.74, 6) is 2.65. The summed E-state index contributed by atoms with van der Waals surface area (Å²) in [5.41, 5.74) is 3.25. The third kappa shape index (κ3) is 6.31. The number of benzene rings is 2. The molecule has 0 amide bonds. The number of aromatic nitrogens is 3. The lowest BCUT2D eigenvalue weighted by Gasteiger charge is -2.22. The highest BCUT2D eigenvalue weighted by molar-refractivity contribution is 9.10. The van der Waals surface area contributed by atoms with E-state index in [0.717, 1.165) is 33.5 Å². The number of para-hydroxylation sites is 1. The molecular weight excluding hydrogens is 540 g/mol. The van der Waals surface area contributed by atoms with Gasteiger partial charge in [0.2, 0.25) is 11.0 Å². The number of unbranched alkanes of at least 4 members (excludes halogenated alkanes) is 3. The monoisotopic (exact) mass is 570 g/mol. The lowest BCUT2D eigenvalue weighted by Crippen LogP contribution is -2.17. The molecule has 36 heavy (non-hydrogen) atoms. The number of anilines is 1. The minimum atomic E-state index is -0.532. The van der Waals surface area contributed by atoms with Crippen molar-refractivity contribution in [2.45, 2.75) is 50.9 Å². The molecule has 190 valence electrons. The Bertz CT molecular complexity index is 1190. The number of rotatable bonds is 12. The van der Waals surface area contributed by atoms with Gasteiger partial charge in [-0.25, -0.2) is 0 Å². The number of thioether (sulfide) groups is 1. The standard InChI is InChI=1S/C27H31BrN4O3S/c1-4-7-8-11-15-36-27-30-26-23(31-32-27)19-12-9-10-13-21(19)29-25(35-26)18-16-20(28)24(34-14-5-2)22(17-18)33-6-3/h5,9-10,12-13,16-17,25,29H,2,4,6-8,11,14-15H2,1,3H3. The van der Waals surface area contributed by atoms with Crippen molar-refractivity contribution in [3.8, 4) is 28.6 Å². The first-order chi connectivity index (χ1) is 17.6. The summed E-state index contributed by atoms with van der Waals surface area (Å²) in [5, 5.41) is 13.0. The minimum Gasteiger partial charge on any atom is -0.490 e. The summed E-state index contributed by atoms with van der Waals surface area (Å²) in [6, 6.07) is 11.8. The second-order valence-corrected chi connectivity index (χ2v) is 10.1. The van der Waals surface area contributed by atoms with Crippen LogP contribution in [0.3, 0.4) is 0 Å². The van der Waals surface area contributed by atoms with Crippen molar-refractivity contribution < 1.29 is 14.2 Å². The minimum absolute atomic E-state index is 0.373. The smallest absolute Gasteiger partial charge is 0.247 e. The molecule has 1 aliphatic heterocycles. The van der Waals surface area contributed by atoms with Crippen LogP contribution in [0.4, 0.5) is 5.69 Å². The van der Waals surface area contributed by atoms with Crippen LogP contribution in [0.25, 0.3) is 11.3 Å². The number of ether oxygens (including phenoxy) is 3. The second-order valence-electron chi connectivity index (χ2n) is 8.21. The fraction of sp³-hybridized carbons (Fsp3) is 0.370. The molecule has 0 fully saturated rings. The molecule has 2 heterocycles. The lowest BCUT2D eigenvalue weighted by atomic mass is 10.1. The number of fused-ring (bicyclic) bond motifs is 3. The van der Waals surface area contributed by atoms with Gasteiger partial charge in [-0.15, -0.1) is 10.2 Å². The topological polar surface area (TPSA) is 78.4 Å². The zero-order valence-corrected chi connectivity index (χ0v) is 23.0. The van der Waals surface area contributed by atoms with Gasteiger partial charge in [-0.3, -0.25) is 0 Å². The predicted octanol–water partition coefficient (Wildman–Crippen LogP) is 7.44. The van der Waals surface area contributed by atoms with Gasteiger partial charge in [0.1, 0.15) is 6.61 Å². The first-order valence-corrected chi connectivity index (χ1v) is 14.0. The van der Waals surface area contributed by atoms with Gasteiger partial charge in [-0.05, 0) is 47.5 Å². The zero-order chi connectivity index (χ0) is 25.3. The number of hydrogen-bond donors (Lipinski definition) is 1. The predicted molar refractivity (Wildman–Crippen MR) is 148 cm³/mol. The maximum absolute atomic E-state index is 6.45.